The third kappa shape index (κ3) is 2.12. The molecule has 3 rings (SSSR count). The lowest BCUT2D eigenvalue weighted by atomic mass is 10.1. The second-order valence-electron chi connectivity index (χ2n) is 4.38. The fourth-order valence-corrected chi connectivity index (χ4v) is 2.14. The summed E-state index contributed by atoms with van der Waals surface area (Å²) in [6.07, 6.45) is 6.01. The molecule has 1 aromatic carbocycles. The largest absolute Gasteiger partial charge is 0.488 e. The molecule has 1 heterocycles. The predicted molar refractivity (Wildman–Crippen MR) is 61.9 cm³/mol. The molecule has 16 heavy (non-hydrogen) atoms. The first-order valence-electron chi connectivity index (χ1n) is 5.96. The van der Waals surface area contributed by atoms with E-state index < -0.39 is 0 Å². The Kier molecular flexibility index (Phi) is 2.66. The Hall–Kier alpha value is -1.28. The zero-order valence-corrected chi connectivity index (χ0v) is 9.26. The van der Waals surface area contributed by atoms with E-state index in [0.29, 0.717) is 0 Å². The Labute approximate surface area is 95.9 Å². The van der Waals surface area contributed by atoms with Crippen LogP contribution in [0.1, 0.15) is 30.9 Å². The zero-order chi connectivity index (χ0) is 10.8. The van der Waals surface area contributed by atoms with Crippen molar-refractivity contribution < 1.29 is 9.47 Å². The van der Waals surface area contributed by atoms with Crippen molar-refractivity contribution in [3.63, 3.8) is 0 Å². The Morgan fingerprint density at radius 1 is 1.25 bits per heavy atom. The van der Waals surface area contributed by atoms with Gasteiger partial charge in [0.15, 0.2) is 6.10 Å². The predicted octanol–water partition coefficient (Wildman–Crippen LogP) is 3.21. The maximum absolute atomic E-state index is 6.06. The first kappa shape index (κ1) is 9.91. The van der Waals surface area contributed by atoms with Crippen molar-refractivity contribution >= 4 is 0 Å². The molecule has 2 unspecified atom stereocenters. The lowest BCUT2D eigenvalue weighted by Crippen LogP contribution is -2.10. The summed E-state index contributed by atoms with van der Waals surface area (Å²) in [5, 5.41) is 0. The summed E-state index contributed by atoms with van der Waals surface area (Å²) in [6.45, 7) is 0.826. The lowest BCUT2D eigenvalue weighted by molar-refractivity contribution is 0.0844. The SMILES string of the molecule is C1=C(OC(c2ccccc2)C2CO2)CCC1. The van der Waals surface area contributed by atoms with E-state index in [-0.39, 0.29) is 12.2 Å². The van der Waals surface area contributed by atoms with Crippen LogP contribution in [0.15, 0.2) is 42.2 Å². The van der Waals surface area contributed by atoms with Crippen LogP contribution in [0, 0.1) is 0 Å². The second kappa shape index (κ2) is 4.30. The first-order valence-corrected chi connectivity index (χ1v) is 5.96. The van der Waals surface area contributed by atoms with Crippen LogP contribution in [0.4, 0.5) is 0 Å². The van der Waals surface area contributed by atoms with Crippen molar-refractivity contribution in [1.82, 2.24) is 0 Å². The van der Waals surface area contributed by atoms with Crippen molar-refractivity contribution in [1.29, 1.82) is 0 Å². The van der Waals surface area contributed by atoms with Crippen LogP contribution in [-0.4, -0.2) is 12.7 Å². The minimum atomic E-state index is 0.0885. The van der Waals surface area contributed by atoms with Crippen LogP contribution in [0.25, 0.3) is 0 Å². The highest BCUT2D eigenvalue weighted by molar-refractivity contribution is 5.21. The van der Waals surface area contributed by atoms with Gasteiger partial charge in [-0.05, 0) is 24.5 Å². The summed E-state index contributed by atoms with van der Waals surface area (Å²) in [4.78, 5) is 0. The highest BCUT2D eigenvalue weighted by Crippen LogP contribution is 2.35. The van der Waals surface area contributed by atoms with Gasteiger partial charge in [0.2, 0.25) is 0 Å². The molecule has 0 saturated carbocycles. The number of ether oxygens (including phenoxy) is 2. The fraction of sp³-hybridized carbons (Fsp3) is 0.429. The highest BCUT2D eigenvalue weighted by atomic mass is 16.6. The topological polar surface area (TPSA) is 21.8 Å². The number of benzene rings is 1. The Morgan fingerprint density at radius 2 is 2.06 bits per heavy atom. The molecule has 2 atom stereocenters. The van der Waals surface area contributed by atoms with E-state index in [1.807, 2.05) is 6.07 Å². The molecule has 1 aliphatic carbocycles. The smallest absolute Gasteiger partial charge is 0.152 e. The van der Waals surface area contributed by atoms with E-state index in [1.165, 1.54) is 12.0 Å². The number of hydrogen-bond donors (Lipinski definition) is 0. The van der Waals surface area contributed by atoms with Gasteiger partial charge in [0.05, 0.1) is 12.4 Å². The second-order valence-corrected chi connectivity index (χ2v) is 4.38. The van der Waals surface area contributed by atoms with Crippen molar-refractivity contribution in [2.45, 2.75) is 31.5 Å². The quantitative estimate of drug-likeness (QED) is 0.721. The molecular weight excluding hydrogens is 200 g/mol. The van der Waals surface area contributed by atoms with Crippen LogP contribution in [-0.2, 0) is 9.47 Å². The van der Waals surface area contributed by atoms with Gasteiger partial charge in [0.25, 0.3) is 0 Å². The van der Waals surface area contributed by atoms with Gasteiger partial charge < -0.3 is 9.47 Å². The Morgan fingerprint density at radius 3 is 2.69 bits per heavy atom. The van der Waals surface area contributed by atoms with E-state index in [0.717, 1.165) is 25.2 Å². The molecule has 84 valence electrons. The number of rotatable bonds is 4. The summed E-state index contributed by atoms with van der Waals surface area (Å²) in [5.74, 6) is 1.14. The van der Waals surface area contributed by atoms with Crippen LogP contribution in [0.3, 0.4) is 0 Å². The minimum Gasteiger partial charge on any atom is -0.488 e. The molecule has 2 heteroatoms. The monoisotopic (exact) mass is 216 g/mol. The van der Waals surface area contributed by atoms with Crippen molar-refractivity contribution in [2.24, 2.45) is 0 Å². The molecule has 2 nitrogen and oxygen atoms in total. The molecule has 0 spiro atoms. The number of epoxide rings is 1. The number of allylic oxidation sites excluding steroid dienone is 2. The highest BCUT2D eigenvalue weighted by Gasteiger charge is 2.36. The summed E-state index contributed by atoms with van der Waals surface area (Å²) in [5.41, 5.74) is 1.22. The third-order valence-corrected chi connectivity index (χ3v) is 3.10. The van der Waals surface area contributed by atoms with Crippen molar-refractivity contribution in [2.75, 3.05) is 6.61 Å². The van der Waals surface area contributed by atoms with Gasteiger partial charge in [-0.2, -0.15) is 0 Å². The van der Waals surface area contributed by atoms with Crippen molar-refractivity contribution in [3.05, 3.63) is 47.7 Å². The normalized spacial score (nSPS) is 25.0. The third-order valence-electron chi connectivity index (χ3n) is 3.10. The van der Waals surface area contributed by atoms with Gasteiger partial charge in [0.1, 0.15) is 6.10 Å². The zero-order valence-electron chi connectivity index (χ0n) is 9.26. The molecule has 0 amide bonds. The van der Waals surface area contributed by atoms with Crippen LogP contribution in [0.5, 0.6) is 0 Å². The van der Waals surface area contributed by atoms with Gasteiger partial charge in [-0.3, -0.25) is 0 Å². The number of hydrogen-bond acceptors (Lipinski definition) is 2. The van der Waals surface area contributed by atoms with Gasteiger partial charge >= 0.3 is 0 Å². The molecule has 0 radical (unpaired) electrons. The maximum Gasteiger partial charge on any atom is 0.152 e. The molecule has 1 saturated heterocycles. The molecule has 1 aromatic rings. The first-order chi connectivity index (χ1) is 7.93. The Balaban J connectivity index is 1.76. The van der Waals surface area contributed by atoms with Gasteiger partial charge in [-0.25, -0.2) is 0 Å². The van der Waals surface area contributed by atoms with Crippen LogP contribution >= 0.6 is 0 Å². The average molecular weight is 216 g/mol. The molecule has 0 N–H and O–H groups in total. The average Bonchev–Trinajstić information content (AvgIpc) is 3.05. The van der Waals surface area contributed by atoms with E-state index in [4.69, 9.17) is 9.47 Å². The lowest BCUT2D eigenvalue weighted by Gasteiger charge is -2.18. The molecule has 1 fully saturated rings. The standard InChI is InChI=1S/C14H16O2/c1-2-6-11(7-3-1)14(13-10-15-13)16-12-8-4-5-9-12/h1-3,6-8,13-14H,4-5,9-10H2. The fourth-order valence-electron chi connectivity index (χ4n) is 2.14. The minimum absolute atomic E-state index is 0.0885. The van der Waals surface area contributed by atoms with Crippen molar-refractivity contribution in [3.8, 4) is 0 Å². The Bertz CT molecular complexity index is 379. The van der Waals surface area contributed by atoms with E-state index in [9.17, 15) is 0 Å². The summed E-state index contributed by atoms with van der Waals surface area (Å²) in [7, 11) is 0. The maximum atomic E-state index is 6.06. The molecule has 0 aromatic heterocycles. The van der Waals surface area contributed by atoms with Gasteiger partial charge in [0, 0.05) is 6.42 Å². The summed E-state index contributed by atoms with van der Waals surface area (Å²) >= 11 is 0. The molecule has 0 bridgehead atoms. The van der Waals surface area contributed by atoms with Gasteiger partial charge in [-0.15, -0.1) is 0 Å². The van der Waals surface area contributed by atoms with E-state index in [1.54, 1.807) is 0 Å². The summed E-state index contributed by atoms with van der Waals surface area (Å²) in [6, 6.07) is 10.4. The summed E-state index contributed by atoms with van der Waals surface area (Å²) < 4.78 is 11.4. The van der Waals surface area contributed by atoms with E-state index >= 15 is 0 Å². The molecule has 2 aliphatic rings. The van der Waals surface area contributed by atoms with Gasteiger partial charge in [-0.1, -0.05) is 30.3 Å². The van der Waals surface area contributed by atoms with Crippen LogP contribution < -0.4 is 0 Å². The van der Waals surface area contributed by atoms with Crippen LogP contribution in [0.2, 0.25) is 0 Å². The molecule has 1 aliphatic heterocycles. The van der Waals surface area contributed by atoms with E-state index in [2.05, 4.69) is 30.3 Å². The molecular formula is C14H16O2.